The summed E-state index contributed by atoms with van der Waals surface area (Å²) in [5.74, 6) is 0.807. The number of ether oxygens (including phenoxy) is 2. The van der Waals surface area contributed by atoms with Crippen molar-refractivity contribution in [1.82, 2.24) is 0 Å². The zero-order chi connectivity index (χ0) is 11.9. The Morgan fingerprint density at radius 3 is 2.41 bits per heavy atom. The Morgan fingerprint density at radius 1 is 1.06 bits per heavy atom. The molecule has 92 valence electrons. The fourth-order valence-electron chi connectivity index (χ4n) is 2.75. The highest BCUT2D eigenvalue weighted by Gasteiger charge is 2.33. The van der Waals surface area contributed by atoms with Gasteiger partial charge in [0.2, 0.25) is 6.79 Å². The zero-order valence-electron chi connectivity index (χ0n) is 9.67. The topological polar surface area (TPSA) is 44.5 Å². The highest BCUT2D eigenvalue weighted by atomic mass is 19.1. The van der Waals surface area contributed by atoms with E-state index in [-0.39, 0.29) is 12.6 Å². The molecule has 0 aromatic heterocycles. The van der Waals surface area contributed by atoms with E-state index in [4.69, 9.17) is 15.2 Å². The van der Waals surface area contributed by atoms with E-state index in [0.29, 0.717) is 17.1 Å². The normalized spacial score (nSPS) is 21.5. The highest BCUT2D eigenvalue weighted by Crippen LogP contribution is 2.41. The van der Waals surface area contributed by atoms with Crippen molar-refractivity contribution in [3.05, 3.63) is 23.5 Å². The third-order valence-corrected chi connectivity index (χ3v) is 3.74. The van der Waals surface area contributed by atoms with Gasteiger partial charge in [-0.15, -0.1) is 0 Å². The molecule has 1 fully saturated rings. The van der Waals surface area contributed by atoms with Crippen molar-refractivity contribution < 1.29 is 13.9 Å². The van der Waals surface area contributed by atoms with E-state index >= 15 is 0 Å². The predicted octanol–water partition coefficient (Wildman–Crippen LogP) is 2.67. The minimum atomic E-state index is -0.538. The number of hydrogen-bond donors (Lipinski definition) is 1. The Morgan fingerprint density at radius 2 is 1.71 bits per heavy atom. The molecule has 1 heterocycles. The highest BCUT2D eigenvalue weighted by molar-refractivity contribution is 5.47. The van der Waals surface area contributed by atoms with Crippen LogP contribution in [0.2, 0.25) is 0 Å². The van der Waals surface area contributed by atoms with Crippen LogP contribution in [0.3, 0.4) is 0 Å². The molecule has 0 saturated heterocycles. The van der Waals surface area contributed by atoms with Crippen molar-refractivity contribution in [2.24, 2.45) is 5.73 Å². The SMILES string of the molecule is NC1(c2cc3c(cc2F)OCO3)CCCCC1. The van der Waals surface area contributed by atoms with Gasteiger partial charge in [0.05, 0.1) is 0 Å². The lowest BCUT2D eigenvalue weighted by molar-refractivity contribution is 0.173. The van der Waals surface area contributed by atoms with Crippen LogP contribution in [0, 0.1) is 5.82 Å². The van der Waals surface area contributed by atoms with Gasteiger partial charge in [0.1, 0.15) is 5.82 Å². The first-order valence-electron chi connectivity index (χ1n) is 6.08. The van der Waals surface area contributed by atoms with Crippen molar-refractivity contribution in [3.63, 3.8) is 0 Å². The molecule has 1 saturated carbocycles. The third-order valence-electron chi connectivity index (χ3n) is 3.74. The molecule has 2 aliphatic rings. The quantitative estimate of drug-likeness (QED) is 0.816. The van der Waals surface area contributed by atoms with E-state index in [1.807, 2.05) is 0 Å². The number of halogens is 1. The predicted molar refractivity (Wildman–Crippen MR) is 61.5 cm³/mol. The third kappa shape index (κ3) is 1.76. The second-order valence-corrected chi connectivity index (χ2v) is 4.90. The Labute approximate surface area is 99.7 Å². The molecule has 3 nitrogen and oxygen atoms in total. The minimum absolute atomic E-state index is 0.162. The molecule has 1 aromatic carbocycles. The monoisotopic (exact) mass is 237 g/mol. The van der Waals surface area contributed by atoms with E-state index in [1.165, 1.54) is 12.5 Å². The molecule has 1 aliphatic carbocycles. The molecular weight excluding hydrogens is 221 g/mol. The molecule has 2 N–H and O–H groups in total. The van der Waals surface area contributed by atoms with Crippen LogP contribution in [-0.4, -0.2) is 6.79 Å². The molecule has 4 heteroatoms. The first kappa shape index (κ1) is 10.8. The van der Waals surface area contributed by atoms with Gasteiger partial charge in [0, 0.05) is 17.2 Å². The molecule has 0 atom stereocenters. The molecule has 1 aromatic rings. The Bertz CT molecular complexity index is 441. The van der Waals surface area contributed by atoms with Gasteiger partial charge < -0.3 is 15.2 Å². The van der Waals surface area contributed by atoms with E-state index in [0.717, 1.165) is 25.7 Å². The zero-order valence-corrected chi connectivity index (χ0v) is 9.67. The summed E-state index contributed by atoms with van der Waals surface area (Å²) in [4.78, 5) is 0. The van der Waals surface area contributed by atoms with Crippen LogP contribution >= 0.6 is 0 Å². The van der Waals surface area contributed by atoms with Gasteiger partial charge in [0.15, 0.2) is 11.5 Å². The lowest BCUT2D eigenvalue weighted by atomic mass is 9.77. The number of hydrogen-bond acceptors (Lipinski definition) is 3. The summed E-state index contributed by atoms with van der Waals surface area (Å²) in [5, 5.41) is 0. The summed E-state index contributed by atoms with van der Waals surface area (Å²) in [6.07, 6.45) is 4.98. The van der Waals surface area contributed by atoms with E-state index in [2.05, 4.69) is 0 Å². The molecule has 17 heavy (non-hydrogen) atoms. The lowest BCUT2D eigenvalue weighted by Gasteiger charge is -2.34. The maximum atomic E-state index is 14.1. The summed E-state index contributed by atoms with van der Waals surface area (Å²) in [6.45, 7) is 0.162. The van der Waals surface area contributed by atoms with Crippen molar-refractivity contribution in [1.29, 1.82) is 0 Å². The average Bonchev–Trinajstić information content (AvgIpc) is 2.76. The van der Waals surface area contributed by atoms with Gasteiger partial charge in [0.25, 0.3) is 0 Å². The van der Waals surface area contributed by atoms with Crippen LogP contribution in [-0.2, 0) is 5.54 Å². The second kappa shape index (κ2) is 3.88. The van der Waals surface area contributed by atoms with Crippen LogP contribution in [0.15, 0.2) is 12.1 Å². The molecule has 3 rings (SSSR count). The van der Waals surface area contributed by atoms with Gasteiger partial charge in [-0.1, -0.05) is 19.3 Å². The summed E-state index contributed by atoms with van der Waals surface area (Å²) < 4.78 is 24.5. The maximum absolute atomic E-state index is 14.1. The van der Waals surface area contributed by atoms with Gasteiger partial charge in [-0.25, -0.2) is 4.39 Å². The van der Waals surface area contributed by atoms with Crippen molar-refractivity contribution in [3.8, 4) is 11.5 Å². The number of benzene rings is 1. The maximum Gasteiger partial charge on any atom is 0.231 e. The Kier molecular flexibility index (Phi) is 2.47. The minimum Gasteiger partial charge on any atom is -0.454 e. The number of fused-ring (bicyclic) bond motifs is 1. The fraction of sp³-hybridized carbons (Fsp3) is 0.538. The van der Waals surface area contributed by atoms with Gasteiger partial charge in [-0.2, -0.15) is 0 Å². The van der Waals surface area contributed by atoms with Crippen molar-refractivity contribution >= 4 is 0 Å². The molecule has 0 unspecified atom stereocenters. The first-order chi connectivity index (χ1) is 8.19. The van der Waals surface area contributed by atoms with Crippen LogP contribution in [0.25, 0.3) is 0 Å². The van der Waals surface area contributed by atoms with E-state index < -0.39 is 5.54 Å². The average molecular weight is 237 g/mol. The summed E-state index contributed by atoms with van der Waals surface area (Å²) >= 11 is 0. The Balaban J connectivity index is 2.02. The van der Waals surface area contributed by atoms with Crippen LogP contribution in [0.4, 0.5) is 4.39 Å². The summed E-state index contributed by atoms with van der Waals surface area (Å²) in [7, 11) is 0. The Hall–Kier alpha value is -1.29. The van der Waals surface area contributed by atoms with E-state index in [9.17, 15) is 4.39 Å². The summed E-state index contributed by atoms with van der Waals surface area (Å²) in [6, 6.07) is 3.10. The molecule has 1 aliphatic heterocycles. The molecule has 0 spiro atoms. The summed E-state index contributed by atoms with van der Waals surface area (Å²) in [5.41, 5.74) is 6.37. The lowest BCUT2D eigenvalue weighted by Crippen LogP contribution is -2.39. The second-order valence-electron chi connectivity index (χ2n) is 4.90. The molecule has 0 bridgehead atoms. The van der Waals surface area contributed by atoms with Gasteiger partial charge >= 0.3 is 0 Å². The van der Waals surface area contributed by atoms with E-state index in [1.54, 1.807) is 6.07 Å². The molecular formula is C13H16FNO2. The first-order valence-corrected chi connectivity index (χ1v) is 6.08. The standard InChI is InChI=1S/C13H16FNO2/c14-10-7-12-11(16-8-17-12)6-9(10)13(15)4-2-1-3-5-13/h6-7H,1-5,8,15H2. The van der Waals surface area contributed by atoms with Crippen molar-refractivity contribution in [2.45, 2.75) is 37.6 Å². The largest absolute Gasteiger partial charge is 0.454 e. The van der Waals surface area contributed by atoms with Crippen molar-refractivity contribution in [2.75, 3.05) is 6.79 Å². The molecule has 0 radical (unpaired) electrons. The van der Waals surface area contributed by atoms with Gasteiger partial charge in [-0.3, -0.25) is 0 Å². The fourth-order valence-corrected chi connectivity index (χ4v) is 2.75. The smallest absolute Gasteiger partial charge is 0.231 e. The number of rotatable bonds is 1. The van der Waals surface area contributed by atoms with Crippen LogP contribution in [0.5, 0.6) is 11.5 Å². The van der Waals surface area contributed by atoms with Gasteiger partial charge in [-0.05, 0) is 18.9 Å². The van der Waals surface area contributed by atoms with Crippen LogP contribution in [0.1, 0.15) is 37.7 Å². The number of nitrogens with two attached hydrogens (primary N) is 1. The van der Waals surface area contributed by atoms with Crippen LogP contribution < -0.4 is 15.2 Å². The molecule has 0 amide bonds.